The van der Waals surface area contributed by atoms with E-state index in [1.165, 1.54) is 0 Å². The van der Waals surface area contributed by atoms with Crippen LogP contribution in [0.25, 0.3) is 16.5 Å². The van der Waals surface area contributed by atoms with Crippen molar-refractivity contribution in [1.29, 1.82) is 0 Å². The number of nitrogens with zero attached hydrogens (tertiary/aromatic N) is 3. The van der Waals surface area contributed by atoms with Crippen molar-refractivity contribution in [3.05, 3.63) is 45.3 Å². The molecule has 4 heteroatoms. The molecule has 0 aliphatic heterocycles. The number of rotatable bonds is 4. The lowest BCUT2D eigenvalue weighted by Gasteiger charge is -2.09. The highest BCUT2D eigenvalue weighted by Gasteiger charge is 2.02. The first-order chi connectivity index (χ1) is 7.69. The highest BCUT2D eigenvalue weighted by molar-refractivity contribution is 5.56. The average molecular weight is 217 g/mol. The van der Waals surface area contributed by atoms with Crippen LogP contribution in [0.15, 0.2) is 23.3 Å². The van der Waals surface area contributed by atoms with Gasteiger partial charge in [0.05, 0.1) is 7.11 Å². The van der Waals surface area contributed by atoms with Crippen LogP contribution >= 0.6 is 0 Å². The van der Waals surface area contributed by atoms with Crippen molar-refractivity contribution >= 4 is 6.08 Å². The minimum absolute atomic E-state index is 0.376. The molecule has 0 spiro atoms. The maximum atomic E-state index is 8.13. The Morgan fingerprint density at radius 2 is 2.00 bits per heavy atom. The van der Waals surface area contributed by atoms with E-state index in [4.69, 9.17) is 10.3 Å². The van der Waals surface area contributed by atoms with Crippen molar-refractivity contribution in [2.45, 2.75) is 13.8 Å². The third-order valence-corrected chi connectivity index (χ3v) is 2.25. The number of hydrogen-bond donors (Lipinski definition) is 0. The lowest BCUT2D eigenvalue weighted by Crippen LogP contribution is -1.91. The van der Waals surface area contributed by atoms with Crippen molar-refractivity contribution in [2.75, 3.05) is 13.7 Å². The van der Waals surface area contributed by atoms with E-state index in [0.717, 1.165) is 22.4 Å². The van der Waals surface area contributed by atoms with Crippen LogP contribution in [0.2, 0.25) is 0 Å². The van der Waals surface area contributed by atoms with Gasteiger partial charge in [-0.25, -0.2) is 0 Å². The molecule has 0 heterocycles. The molecule has 4 nitrogen and oxygen atoms in total. The third-order valence-electron chi connectivity index (χ3n) is 2.25. The van der Waals surface area contributed by atoms with E-state index in [0.29, 0.717) is 6.54 Å². The van der Waals surface area contributed by atoms with Gasteiger partial charge in [-0.15, -0.1) is 0 Å². The van der Waals surface area contributed by atoms with Gasteiger partial charge >= 0.3 is 0 Å². The Labute approximate surface area is 95.2 Å². The molecule has 84 valence electrons. The topological polar surface area (TPSA) is 58.0 Å². The fraction of sp³-hybridized carbons (Fsp3) is 0.333. The second-order valence-electron chi connectivity index (χ2n) is 3.50. The van der Waals surface area contributed by atoms with Gasteiger partial charge in [-0.1, -0.05) is 17.3 Å². The molecule has 0 aliphatic carbocycles. The van der Waals surface area contributed by atoms with Crippen LogP contribution in [0.3, 0.4) is 0 Å². The first-order valence-electron chi connectivity index (χ1n) is 5.01. The molecule has 0 saturated heterocycles. The van der Waals surface area contributed by atoms with E-state index in [2.05, 4.69) is 10.0 Å². The first-order valence-corrected chi connectivity index (χ1v) is 5.01. The Kier molecular flexibility index (Phi) is 4.42. The molecule has 0 saturated carbocycles. The van der Waals surface area contributed by atoms with Gasteiger partial charge in [-0.05, 0) is 48.2 Å². The Bertz CT molecular complexity index is 423. The summed E-state index contributed by atoms with van der Waals surface area (Å²) in [5.74, 6) is 0.923. The van der Waals surface area contributed by atoms with Gasteiger partial charge < -0.3 is 4.74 Å². The van der Waals surface area contributed by atoms with Gasteiger partial charge in [0.2, 0.25) is 0 Å². The summed E-state index contributed by atoms with van der Waals surface area (Å²) >= 11 is 0. The third kappa shape index (κ3) is 3.04. The van der Waals surface area contributed by atoms with Gasteiger partial charge in [-0.2, -0.15) is 0 Å². The van der Waals surface area contributed by atoms with E-state index in [-0.39, 0.29) is 0 Å². The van der Waals surface area contributed by atoms with Crippen molar-refractivity contribution in [3.63, 3.8) is 0 Å². The summed E-state index contributed by atoms with van der Waals surface area (Å²) in [6.07, 6.45) is 3.77. The minimum atomic E-state index is 0.376. The number of ether oxygens (including phenoxy) is 1. The Morgan fingerprint density at radius 3 is 2.50 bits per heavy atom. The maximum absolute atomic E-state index is 8.13. The minimum Gasteiger partial charge on any atom is -0.496 e. The molecule has 1 aromatic carbocycles. The number of hydrogen-bond acceptors (Lipinski definition) is 2. The monoisotopic (exact) mass is 217 g/mol. The number of methoxy groups -OCH3 is 1. The predicted molar refractivity (Wildman–Crippen MR) is 65.5 cm³/mol. The predicted octanol–water partition coefficient (Wildman–Crippen LogP) is 3.64. The first kappa shape index (κ1) is 12.1. The molecule has 0 aliphatic rings. The summed E-state index contributed by atoms with van der Waals surface area (Å²) in [7, 11) is 1.67. The number of benzene rings is 1. The quantitative estimate of drug-likeness (QED) is 0.431. The van der Waals surface area contributed by atoms with Crippen molar-refractivity contribution < 1.29 is 4.74 Å². The van der Waals surface area contributed by atoms with Crippen LogP contribution in [0.1, 0.15) is 16.7 Å². The summed E-state index contributed by atoms with van der Waals surface area (Å²) < 4.78 is 5.28. The van der Waals surface area contributed by atoms with E-state index in [9.17, 15) is 0 Å². The second kappa shape index (κ2) is 5.83. The van der Waals surface area contributed by atoms with Crippen LogP contribution in [-0.2, 0) is 0 Å². The second-order valence-corrected chi connectivity index (χ2v) is 3.50. The molecule has 1 rings (SSSR count). The average Bonchev–Trinajstić information content (AvgIpc) is 2.24. The van der Waals surface area contributed by atoms with Crippen LogP contribution < -0.4 is 4.74 Å². The fourth-order valence-corrected chi connectivity index (χ4v) is 1.67. The smallest absolute Gasteiger partial charge is 0.124 e. The molecule has 0 radical (unpaired) electrons. The summed E-state index contributed by atoms with van der Waals surface area (Å²) in [5, 5.41) is 3.43. The van der Waals surface area contributed by atoms with Gasteiger partial charge in [0, 0.05) is 11.5 Å². The van der Waals surface area contributed by atoms with Crippen LogP contribution in [-0.4, -0.2) is 13.7 Å². The van der Waals surface area contributed by atoms with Gasteiger partial charge in [-0.3, -0.25) is 0 Å². The molecule has 0 aromatic heterocycles. The molecule has 1 aromatic rings. The van der Waals surface area contributed by atoms with E-state index >= 15 is 0 Å². The molecular formula is C12H15N3O. The standard InChI is InChI=1S/C12H15N3O/c1-9-7-11(5-4-6-14-15-13)8-10(2)12(9)16-3/h4-5,7-8H,6H2,1-3H3. The molecule has 0 N–H and O–H groups in total. The van der Waals surface area contributed by atoms with Gasteiger partial charge in [0.25, 0.3) is 0 Å². The van der Waals surface area contributed by atoms with Crippen molar-refractivity contribution in [2.24, 2.45) is 5.11 Å². The van der Waals surface area contributed by atoms with E-state index in [1.54, 1.807) is 7.11 Å². The lowest BCUT2D eigenvalue weighted by atomic mass is 10.1. The SMILES string of the molecule is COc1c(C)cc(C=CCN=[N+]=[N-])cc1C. The van der Waals surface area contributed by atoms with Crippen LogP contribution in [0.5, 0.6) is 5.75 Å². The van der Waals surface area contributed by atoms with Crippen molar-refractivity contribution in [3.8, 4) is 5.75 Å². The Hall–Kier alpha value is -1.93. The molecule has 0 amide bonds. The molecule has 0 fully saturated rings. The molecule has 0 bridgehead atoms. The zero-order chi connectivity index (χ0) is 12.0. The molecule has 0 unspecified atom stereocenters. The summed E-state index contributed by atoms with van der Waals surface area (Å²) in [5.41, 5.74) is 11.4. The zero-order valence-electron chi connectivity index (χ0n) is 9.77. The van der Waals surface area contributed by atoms with E-state index < -0.39 is 0 Å². The van der Waals surface area contributed by atoms with Crippen LogP contribution in [0, 0.1) is 13.8 Å². The largest absolute Gasteiger partial charge is 0.496 e. The summed E-state index contributed by atoms with van der Waals surface area (Å²) in [6, 6.07) is 4.08. The fourth-order valence-electron chi connectivity index (χ4n) is 1.67. The number of azide groups is 1. The molecular weight excluding hydrogens is 202 g/mol. The maximum Gasteiger partial charge on any atom is 0.124 e. The highest BCUT2D eigenvalue weighted by Crippen LogP contribution is 2.24. The van der Waals surface area contributed by atoms with Crippen molar-refractivity contribution in [1.82, 2.24) is 0 Å². The molecule has 16 heavy (non-hydrogen) atoms. The zero-order valence-corrected chi connectivity index (χ0v) is 9.77. The van der Waals surface area contributed by atoms with Gasteiger partial charge in [0.1, 0.15) is 5.75 Å². The van der Waals surface area contributed by atoms with Crippen LogP contribution in [0.4, 0.5) is 0 Å². The van der Waals surface area contributed by atoms with E-state index in [1.807, 2.05) is 38.1 Å². The Morgan fingerprint density at radius 1 is 1.38 bits per heavy atom. The molecule has 0 atom stereocenters. The highest BCUT2D eigenvalue weighted by atomic mass is 16.5. The summed E-state index contributed by atoms with van der Waals surface area (Å²) in [6.45, 7) is 4.40. The summed E-state index contributed by atoms with van der Waals surface area (Å²) in [4.78, 5) is 2.68. The van der Waals surface area contributed by atoms with Gasteiger partial charge in [0.15, 0.2) is 0 Å². The Balaban J connectivity index is 2.91. The lowest BCUT2D eigenvalue weighted by molar-refractivity contribution is 0.408. The normalized spacial score (nSPS) is 10.2. The number of aryl methyl sites for hydroxylation is 2.